The van der Waals surface area contributed by atoms with Crippen LogP contribution in [0.2, 0.25) is 5.02 Å². The Morgan fingerprint density at radius 3 is 2.47 bits per heavy atom. The van der Waals surface area contributed by atoms with Crippen LogP contribution in [0, 0.1) is 13.8 Å². The van der Waals surface area contributed by atoms with Crippen LogP contribution in [0.4, 0.5) is 5.69 Å². The van der Waals surface area contributed by atoms with Crippen molar-refractivity contribution in [1.82, 2.24) is 0 Å². The largest absolute Gasteiger partial charge is 0.384 e. The highest BCUT2D eigenvalue weighted by Gasteiger charge is 2.20. The molecule has 1 aliphatic heterocycles. The Balaban J connectivity index is 1.89. The van der Waals surface area contributed by atoms with E-state index in [0.29, 0.717) is 5.92 Å². The van der Waals surface area contributed by atoms with Gasteiger partial charge >= 0.3 is 0 Å². The number of hydrogen-bond acceptors (Lipinski definition) is 1. The third kappa shape index (κ3) is 2.48. The van der Waals surface area contributed by atoms with Crippen molar-refractivity contribution >= 4 is 17.3 Å². The molecule has 1 nitrogen and oxygen atoms in total. The molecule has 0 saturated heterocycles. The number of anilines is 1. The molecule has 1 heterocycles. The quantitative estimate of drug-likeness (QED) is 0.792. The molecule has 19 heavy (non-hydrogen) atoms. The minimum absolute atomic E-state index is 0.534. The van der Waals surface area contributed by atoms with E-state index in [1.807, 2.05) is 12.1 Å². The van der Waals surface area contributed by atoms with Crippen LogP contribution >= 0.6 is 11.6 Å². The predicted molar refractivity (Wildman–Crippen MR) is 82.3 cm³/mol. The number of benzene rings is 2. The standard InChI is InChI=1S/C17H18ClN/c1-11-7-14-9-15(10-19-17(14)8-12(11)2)13-3-5-16(18)6-4-13/h3-8,15,19H,9-10H2,1-2H3. The Morgan fingerprint density at radius 1 is 1.05 bits per heavy atom. The molecule has 1 atom stereocenters. The van der Waals surface area contributed by atoms with Gasteiger partial charge in [0.1, 0.15) is 0 Å². The fourth-order valence-electron chi connectivity index (χ4n) is 2.75. The highest BCUT2D eigenvalue weighted by Crippen LogP contribution is 2.32. The third-order valence-corrected chi connectivity index (χ3v) is 4.32. The maximum absolute atomic E-state index is 5.95. The van der Waals surface area contributed by atoms with E-state index < -0.39 is 0 Å². The molecule has 1 unspecified atom stereocenters. The van der Waals surface area contributed by atoms with E-state index in [-0.39, 0.29) is 0 Å². The second-order valence-electron chi connectivity index (χ2n) is 5.43. The molecule has 1 aliphatic rings. The van der Waals surface area contributed by atoms with Gasteiger partial charge < -0.3 is 5.32 Å². The number of fused-ring (bicyclic) bond motifs is 1. The number of halogens is 1. The monoisotopic (exact) mass is 271 g/mol. The van der Waals surface area contributed by atoms with Crippen LogP contribution in [-0.4, -0.2) is 6.54 Å². The second-order valence-corrected chi connectivity index (χ2v) is 5.86. The van der Waals surface area contributed by atoms with E-state index in [1.54, 1.807) is 0 Å². The van der Waals surface area contributed by atoms with E-state index in [1.165, 1.54) is 27.9 Å². The van der Waals surface area contributed by atoms with Crippen LogP contribution in [-0.2, 0) is 6.42 Å². The smallest absolute Gasteiger partial charge is 0.0406 e. The van der Waals surface area contributed by atoms with Crippen LogP contribution in [0.15, 0.2) is 36.4 Å². The van der Waals surface area contributed by atoms with Gasteiger partial charge in [-0.3, -0.25) is 0 Å². The molecule has 0 spiro atoms. The molecule has 0 aliphatic carbocycles. The summed E-state index contributed by atoms with van der Waals surface area (Å²) in [6.45, 7) is 5.35. The maximum atomic E-state index is 5.95. The van der Waals surface area contributed by atoms with Crippen molar-refractivity contribution in [1.29, 1.82) is 0 Å². The molecule has 0 aromatic heterocycles. The molecular formula is C17H18ClN. The Morgan fingerprint density at radius 2 is 1.74 bits per heavy atom. The molecule has 0 bridgehead atoms. The Kier molecular flexibility index (Phi) is 3.24. The van der Waals surface area contributed by atoms with Gasteiger partial charge in [-0.2, -0.15) is 0 Å². The van der Waals surface area contributed by atoms with E-state index in [2.05, 4.69) is 43.4 Å². The van der Waals surface area contributed by atoms with E-state index in [0.717, 1.165) is 18.0 Å². The summed E-state index contributed by atoms with van der Waals surface area (Å²) in [4.78, 5) is 0. The molecule has 2 aromatic rings. The van der Waals surface area contributed by atoms with Crippen molar-refractivity contribution in [3.05, 3.63) is 63.7 Å². The second kappa shape index (κ2) is 4.90. The first-order valence-electron chi connectivity index (χ1n) is 6.73. The zero-order valence-electron chi connectivity index (χ0n) is 11.3. The number of rotatable bonds is 1. The van der Waals surface area contributed by atoms with Crippen molar-refractivity contribution < 1.29 is 0 Å². The fraction of sp³-hybridized carbons (Fsp3) is 0.294. The lowest BCUT2D eigenvalue weighted by atomic mass is 9.87. The lowest BCUT2D eigenvalue weighted by molar-refractivity contribution is 0.694. The van der Waals surface area contributed by atoms with Crippen molar-refractivity contribution in [2.75, 3.05) is 11.9 Å². The van der Waals surface area contributed by atoms with Crippen molar-refractivity contribution in [2.24, 2.45) is 0 Å². The minimum Gasteiger partial charge on any atom is -0.384 e. The summed E-state index contributed by atoms with van der Waals surface area (Å²) < 4.78 is 0. The molecule has 1 N–H and O–H groups in total. The highest BCUT2D eigenvalue weighted by atomic mass is 35.5. The van der Waals surface area contributed by atoms with Crippen LogP contribution in [0.25, 0.3) is 0 Å². The van der Waals surface area contributed by atoms with Crippen LogP contribution in [0.3, 0.4) is 0 Å². The Hall–Kier alpha value is -1.47. The highest BCUT2D eigenvalue weighted by molar-refractivity contribution is 6.30. The molecule has 3 rings (SSSR count). The number of hydrogen-bond donors (Lipinski definition) is 1. The average Bonchev–Trinajstić information content (AvgIpc) is 2.40. The molecule has 0 amide bonds. The first kappa shape index (κ1) is 12.6. The first-order chi connectivity index (χ1) is 9.13. The van der Waals surface area contributed by atoms with E-state index in [4.69, 9.17) is 11.6 Å². The van der Waals surface area contributed by atoms with Gasteiger partial charge in [-0.1, -0.05) is 29.8 Å². The summed E-state index contributed by atoms with van der Waals surface area (Å²) in [6, 6.07) is 12.8. The summed E-state index contributed by atoms with van der Waals surface area (Å²) >= 11 is 5.95. The van der Waals surface area contributed by atoms with E-state index in [9.17, 15) is 0 Å². The first-order valence-corrected chi connectivity index (χ1v) is 7.11. The average molecular weight is 272 g/mol. The SMILES string of the molecule is Cc1cc2c(cc1C)NCC(c1ccc(Cl)cc1)C2. The molecular weight excluding hydrogens is 254 g/mol. The summed E-state index contributed by atoms with van der Waals surface area (Å²) in [6.07, 6.45) is 1.10. The topological polar surface area (TPSA) is 12.0 Å². The minimum atomic E-state index is 0.534. The molecule has 2 heteroatoms. The summed E-state index contributed by atoms with van der Waals surface area (Å²) in [5.41, 5.74) is 6.82. The lowest BCUT2D eigenvalue weighted by Crippen LogP contribution is -2.21. The van der Waals surface area contributed by atoms with Gasteiger partial charge in [0.05, 0.1) is 0 Å². The van der Waals surface area contributed by atoms with Crippen LogP contribution < -0.4 is 5.32 Å². The third-order valence-electron chi connectivity index (χ3n) is 4.07. The van der Waals surface area contributed by atoms with Crippen LogP contribution in [0.5, 0.6) is 0 Å². The van der Waals surface area contributed by atoms with Gasteiger partial charge in [0.2, 0.25) is 0 Å². The summed E-state index contributed by atoms with van der Waals surface area (Å²) in [7, 11) is 0. The van der Waals surface area contributed by atoms with Gasteiger partial charge in [-0.15, -0.1) is 0 Å². The molecule has 0 radical (unpaired) electrons. The Bertz CT molecular complexity index is 601. The number of nitrogens with one attached hydrogen (secondary N) is 1. The normalized spacial score (nSPS) is 17.7. The molecule has 0 fully saturated rings. The summed E-state index contributed by atoms with van der Waals surface area (Å²) in [5, 5.41) is 4.37. The van der Waals surface area contributed by atoms with Gasteiger partial charge in [-0.05, 0) is 60.7 Å². The molecule has 2 aromatic carbocycles. The molecule has 0 saturated carbocycles. The predicted octanol–water partition coefficient (Wildman–Crippen LogP) is 4.71. The van der Waals surface area contributed by atoms with E-state index >= 15 is 0 Å². The molecule has 98 valence electrons. The van der Waals surface area contributed by atoms with Gasteiger partial charge in [-0.25, -0.2) is 0 Å². The van der Waals surface area contributed by atoms with Gasteiger partial charge in [0, 0.05) is 23.2 Å². The van der Waals surface area contributed by atoms with Crippen molar-refractivity contribution in [3.63, 3.8) is 0 Å². The number of aryl methyl sites for hydroxylation is 2. The van der Waals surface area contributed by atoms with Crippen molar-refractivity contribution in [2.45, 2.75) is 26.2 Å². The van der Waals surface area contributed by atoms with Gasteiger partial charge in [0.25, 0.3) is 0 Å². The van der Waals surface area contributed by atoms with Crippen molar-refractivity contribution in [3.8, 4) is 0 Å². The maximum Gasteiger partial charge on any atom is 0.0406 e. The van der Waals surface area contributed by atoms with Crippen LogP contribution in [0.1, 0.15) is 28.2 Å². The fourth-order valence-corrected chi connectivity index (χ4v) is 2.88. The Labute approximate surface area is 119 Å². The lowest BCUT2D eigenvalue weighted by Gasteiger charge is -2.27. The zero-order valence-corrected chi connectivity index (χ0v) is 12.1. The van der Waals surface area contributed by atoms with Gasteiger partial charge in [0.15, 0.2) is 0 Å². The zero-order chi connectivity index (χ0) is 13.4. The summed E-state index contributed by atoms with van der Waals surface area (Å²) in [5.74, 6) is 0.534.